The van der Waals surface area contributed by atoms with Crippen molar-refractivity contribution in [3.63, 3.8) is 0 Å². The third kappa shape index (κ3) is 4.46. The van der Waals surface area contributed by atoms with Crippen LogP contribution in [0.15, 0.2) is 71.3 Å². The monoisotopic (exact) mass is 391 g/mol. The molecule has 4 rings (SSSR count). The van der Waals surface area contributed by atoms with Gasteiger partial charge in [0, 0.05) is 30.6 Å². The SMILES string of the molecule is Cl.Cl.N[C@@H]1CN(Cc2ncc(-c3ccccc3)o2)C[C@H]1c1ccccc1. The van der Waals surface area contributed by atoms with Crippen molar-refractivity contribution in [1.29, 1.82) is 0 Å². The van der Waals surface area contributed by atoms with E-state index < -0.39 is 0 Å². The lowest BCUT2D eigenvalue weighted by Gasteiger charge is -2.14. The molecule has 1 aliphatic heterocycles. The van der Waals surface area contributed by atoms with Crippen LogP contribution in [-0.2, 0) is 6.54 Å². The maximum Gasteiger partial charge on any atom is 0.209 e. The molecule has 138 valence electrons. The summed E-state index contributed by atoms with van der Waals surface area (Å²) in [6, 6.07) is 20.7. The molecule has 0 spiro atoms. The Morgan fingerprint density at radius 2 is 1.62 bits per heavy atom. The Balaban J connectivity index is 0.00000121. The smallest absolute Gasteiger partial charge is 0.209 e. The van der Waals surface area contributed by atoms with Crippen LogP contribution in [0.1, 0.15) is 17.4 Å². The second kappa shape index (κ2) is 9.19. The molecule has 26 heavy (non-hydrogen) atoms. The van der Waals surface area contributed by atoms with Crippen molar-refractivity contribution in [2.45, 2.75) is 18.5 Å². The standard InChI is InChI=1S/C20H21N3O.2ClH/c21-18-13-23(12-17(18)15-7-3-1-4-8-15)14-20-22-11-19(24-20)16-9-5-2-6-10-16;;/h1-11,17-18H,12-14,21H2;2*1H/t17-,18+;;/m0../s1. The predicted molar refractivity (Wildman–Crippen MR) is 109 cm³/mol. The first-order valence-electron chi connectivity index (χ1n) is 8.32. The number of hydrogen-bond acceptors (Lipinski definition) is 4. The third-order valence-corrected chi connectivity index (χ3v) is 4.64. The number of halogens is 2. The van der Waals surface area contributed by atoms with E-state index in [2.05, 4.69) is 34.1 Å². The summed E-state index contributed by atoms with van der Waals surface area (Å²) >= 11 is 0. The van der Waals surface area contributed by atoms with Crippen molar-refractivity contribution in [3.05, 3.63) is 78.3 Å². The maximum absolute atomic E-state index is 6.36. The molecule has 0 saturated carbocycles. The molecule has 0 radical (unpaired) electrons. The van der Waals surface area contributed by atoms with E-state index in [1.54, 1.807) is 6.20 Å². The molecular weight excluding hydrogens is 369 g/mol. The minimum Gasteiger partial charge on any atom is -0.439 e. The largest absolute Gasteiger partial charge is 0.439 e. The van der Waals surface area contributed by atoms with Crippen LogP contribution in [0.25, 0.3) is 11.3 Å². The number of oxazole rings is 1. The van der Waals surface area contributed by atoms with Gasteiger partial charge in [0.1, 0.15) is 0 Å². The van der Waals surface area contributed by atoms with Gasteiger partial charge in [0.25, 0.3) is 0 Å². The molecular formula is C20H23Cl2N3O. The number of hydrogen-bond donors (Lipinski definition) is 1. The van der Waals surface area contributed by atoms with Crippen molar-refractivity contribution in [2.75, 3.05) is 13.1 Å². The summed E-state index contributed by atoms with van der Waals surface area (Å²) in [5, 5.41) is 0. The lowest BCUT2D eigenvalue weighted by atomic mass is 9.95. The van der Waals surface area contributed by atoms with Gasteiger partial charge in [0.15, 0.2) is 5.76 Å². The molecule has 2 aromatic carbocycles. The first-order valence-corrected chi connectivity index (χ1v) is 8.32. The molecule has 2 atom stereocenters. The van der Waals surface area contributed by atoms with Crippen LogP contribution in [0.5, 0.6) is 0 Å². The number of benzene rings is 2. The second-order valence-electron chi connectivity index (χ2n) is 6.36. The van der Waals surface area contributed by atoms with Crippen LogP contribution in [0.2, 0.25) is 0 Å². The highest BCUT2D eigenvalue weighted by Gasteiger charge is 2.31. The number of likely N-dealkylation sites (tertiary alicyclic amines) is 1. The highest BCUT2D eigenvalue weighted by molar-refractivity contribution is 5.85. The fourth-order valence-electron chi connectivity index (χ4n) is 3.41. The van der Waals surface area contributed by atoms with E-state index in [1.165, 1.54) is 5.56 Å². The van der Waals surface area contributed by atoms with Crippen molar-refractivity contribution < 1.29 is 4.42 Å². The van der Waals surface area contributed by atoms with Gasteiger partial charge in [-0.3, -0.25) is 4.90 Å². The fourth-order valence-corrected chi connectivity index (χ4v) is 3.41. The molecule has 1 fully saturated rings. The molecule has 0 bridgehead atoms. The topological polar surface area (TPSA) is 55.3 Å². The van der Waals surface area contributed by atoms with E-state index in [1.807, 2.05) is 36.4 Å². The summed E-state index contributed by atoms with van der Waals surface area (Å²) in [6.07, 6.45) is 1.80. The van der Waals surface area contributed by atoms with Crippen LogP contribution in [0.3, 0.4) is 0 Å². The van der Waals surface area contributed by atoms with E-state index in [9.17, 15) is 0 Å². The van der Waals surface area contributed by atoms with Gasteiger partial charge in [-0.2, -0.15) is 0 Å². The number of rotatable bonds is 4. The maximum atomic E-state index is 6.36. The molecule has 6 heteroatoms. The number of nitrogens with zero attached hydrogens (tertiary/aromatic N) is 2. The average molecular weight is 392 g/mol. The molecule has 2 N–H and O–H groups in total. The molecule has 4 nitrogen and oxygen atoms in total. The molecule has 3 aromatic rings. The van der Waals surface area contributed by atoms with Crippen molar-refractivity contribution in [2.24, 2.45) is 5.73 Å². The van der Waals surface area contributed by atoms with Crippen LogP contribution in [-0.4, -0.2) is 29.0 Å². The Labute approximate surface area is 166 Å². The molecule has 1 saturated heterocycles. The van der Waals surface area contributed by atoms with Crippen molar-refractivity contribution in [1.82, 2.24) is 9.88 Å². The van der Waals surface area contributed by atoms with E-state index in [-0.39, 0.29) is 30.9 Å². The molecule has 1 aliphatic rings. The minimum atomic E-state index is 0. The zero-order valence-corrected chi connectivity index (χ0v) is 16.0. The van der Waals surface area contributed by atoms with E-state index in [4.69, 9.17) is 10.2 Å². The second-order valence-corrected chi connectivity index (χ2v) is 6.36. The lowest BCUT2D eigenvalue weighted by Crippen LogP contribution is -2.28. The Morgan fingerprint density at radius 1 is 0.962 bits per heavy atom. The lowest BCUT2D eigenvalue weighted by molar-refractivity contribution is 0.287. The zero-order chi connectivity index (χ0) is 16.4. The van der Waals surface area contributed by atoms with Crippen LogP contribution >= 0.6 is 24.8 Å². The number of aromatic nitrogens is 1. The van der Waals surface area contributed by atoms with Gasteiger partial charge in [-0.1, -0.05) is 60.7 Å². The molecule has 0 aliphatic carbocycles. The summed E-state index contributed by atoms with van der Waals surface area (Å²) in [5.41, 5.74) is 8.72. The van der Waals surface area contributed by atoms with Gasteiger partial charge in [0.2, 0.25) is 5.89 Å². The summed E-state index contributed by atoms with van der Waals surface area (Å²) < 4.78 is 5.91. The fraction of sp³-hybridized carbons (Fsp3) is 0.250. The summed E-state index contributed by atoms with van der Waals surface area (Å²) in [4.78, 5) is 6.75. The third-order valence-electron chi connectivity index (χ3n) is 4.64. The van der Waals surface area contributed by atoms with E-state index in [0.717, 1.165) is 30.3 Å². The van der Waals surface area contributed by atoms with E-state index in [0.29, 0.717) is 12.5 Å². The first-order chi connectivity index (χ1) is 11.8. The quantitative estimate of drug-likeness (QED) is 0.726. The van der Waals surface area contributed by atoms with Gasteiger partial charge in [0.05, 0.1) is 12.7 Å². The Hall–Kier alpha value is -1.85. The highest BCUT2D eigenvalue weighted by atomic mass is 35.5. The Kier molecular flexibility index (Phi) is 7.23. The molecule has 0 amide bonds. The van der Waals surface area contributed by atoms with Gasteiger partial charge >= 0.3 is 0 Å². The van der Waals surface area contributed by atoms with Crippen LogP contribution in [0, 0.1) is 0 Å². The Bertz CT molecular complexity index is 795. The van der Waals surface area contributed by atoms with Gasteiger partial charge in [-0.05, 0) is 5.56 Å². The van der Waals surface area contributed by atoms with E-state index >= 15 is 0 Å². The highest BCUT2D eigenvalue weighted by Crippen LogP contribution is 2.28. The van der Waals surface area contributed by atoms with Crippen molar-refractivity contribution in [3.8, 4) is 11.3 Å². The normalized spacial score (nSPS) is 19.6. The van der Waals surface area contributed by atoms with Gasteiger partial charge < -0.3 is 10.2 Å². The summed E-state index contributed by atoms with van der Waals surface area (Å²) in [7, 11) is 0. The van der Waals surface area contributed by atoms with Crippen LogP contribution in [0.4, 0.5) is 0 Å². The predicted octanol–water partition coefficient (Wildman–Crippen LogP) is 4.11. The average Bonchev–Trinajstić information content (AvgIpc) is 3.23. The van der Waals surface area contributed by atoms with Crippen LogP contribution < -0.4 is 5.73 Å². The Morgan fingerprint density at radius 3 is 2.31 bits per heavy atom. The van der Waals surface area contributed by atoms with Gasteiger partial charge in [-0.15, -0.1) is 24.8 Å². The molecule has 2 heterocycles. The van der Waals surface area contributed by atoms with Crippen molar-refractivity contribution >= 4 is 24.8 Å². The molecule has 1 aromatic heterocycles. The van der Waals surface area contributed by atoms with Gasteiger partial charge in [-0.25, -0.2) is 4.98 Å². The number of nitrogens with two attached hydrogens (primary N) is 1. The summed E-state index contributed by atoms with van der Waals surface area (Å²) in [6.45, 7) is 2.50. The summed E-state index contributed by atoms with van der Waals surface area (Å²) in [5.74, 6) is 1.93. The minimum absolute atomic E-state index is 0. The zero-order valence-electron chi connectivity index (χ0n) is 14.3. The first kappa shape index (κ1) is 20.5. The molecule has 0 unspecified atom stereocenters.